The fourth-order valence-corrected chi connectivity index (χ4v) is 1.74. The minimum Gasteiger partial charge on any atom is -0.381 e. The molecule has 0 fully saturated rings. The summed E-state index contributed by atoms with van der Waals surface area (Å²) in [4.78, 5) is 0. The molecule has 6 heteroatoms. The highest BCUT2D eigenvalue weighted by atomic mass is 32.2. The van der Waals surface area contributed by atoms with Crippen molar-refractivity contribution < 1.29 is 17.3 Å². The smallest absolute Gasteiger partial charge is 0.264 e. The molecule has 0 aromatic rings. The van der Waals surface area contributed by atoms with Crippen LogP contribution in [0.4, 0.5) is 0 Å². The van der Waals surface area contributed by atoms with Crippen molar-refractivity contribution in [2.45, 2.75) is 6.92 Å². The van der Waals surface area contributed by atoms with Gasteiger partial charge in [-0.25, -0.2) is 0 Å². The standard InChI is InChI=1S/C7H16O4S2/c1-3-10-4-6-12-7-5-11-13(2,8)9/h3-7H2,1-2H3. The van der Waals surface area contributed by atoms with Crippen LogP contribution in [0.5, 0.6) is 0 Å². The molecule has 0 heterocycles. The number of hydrogen-bond acceptors (Lipinski definition) is 5. The second-order valence-corrected chi connectivity index (χ2v) is 5.20. The summed E-state index contributed by atoms with van der Waals surface area (Å²) in [5.41, 5.74) is 0. The van der Waals surface area contributed by atoms with E-state index in [9.17, 15) is 8.42 Å². The lowest BCUT2D eigenvalue weighted by atomic mass is 10.8. The van der Waals surface area contributed by atoms with Crippen molar-refractivity contribution >= 4 is 21.9 Å². The van der Waals surface area contributed by atoms with E-state index in [-0.39, 0.29) is 6.61 Å². The van der Waals surface area contributed by atoms with Gasteiger partial charge in [0.05, 0.1) is 19.5 Å². The summed E-state index contributed by atoms with van der Waals surface area (Å²) in [7, 11) is -3.27. The summed E-state index contributed by atoms with van der Waals surface area (Å²) in [6.45, 7) is 3.62. The van der Waals surface area contributed by atoms with E-state index in [1.54, 1.807) is 11.8 Å². The predicted molar refractivity (Wildman–Crippen MR) is 54.6 cm³/mol. The molecule has 0 aliphatic heterocycles. The normalized spacial score (nSPS) is 11.8. The Morgan fingerprint density at radius 2 is 1.85 bits per heavy atom. The molecule has 0 aromatic heterocycles. The van der Waals surface area contributed by atoms with Crippen molar-refractivity contribution in [3.63, 3.8) is 0 Å². The molecule has 13 heavy (non-hydrogen) atoms. The zero-order valence-electron chi connectivity index (χ0n) is 7.99. The van der Waals surface area contributed by atoms with Gasteiger partial charge in [0.25, 0.3) is 10.1 Å². The zero-order chi connectivity index (χ0) is 10.2. The van der Waals surface area contributed by atoms with Crippen molar-refractivity contribution in [2.75, 3.05) is 37.6 Å². The van der Waals surface area contributed by atoms with E-state index in [4.69, 9.17) is 4.74 Å². The third-order valence-electron chi connectivity index (χ3n) is 1.10. The van der Waals surface area contributed by atoms with Gasteiger partial charge in [-0.3, -0.25) is 4.18 Å². The molecular weight excluding hydrogens is 212 g/mol. The molecule has 80 valence electrons. The fraction of sp³-hybridized carbons (Fsp3) is 1.00. The summed E-state index contributed by atoms with van der Waals surface area (Å²) >= 11 is 1.62. The molecule has 0 atom stereocenters. The maximum atomic E-state index is 10.5. The van der Waals surface area contributed by atoms with Crippen LogP contribution >= 0.6 is 11.8 Å². The van der Waals surface area contributed by atoms with E-state index in [0.29, 0.717) is 12.4 Å². The highest BCUT2D eigenvalue weighted by Crippen LogP contribution is 2.00. The minimum absolute atomic E-state index is 0.246. The molecule has 0 spiro atoms. The predicted octanol–water partition coefficient (Wildman–Crippen LogP) is 0.732. The highest BCUT2D eigenvalue weighted by molar-refractivity contribution is 7.99. The van der Waals surface area contributed by atoms with Crippen molar-refractivity contribution in [1.29, 1.82) is 0 Å². The Hall–Kier alpha value is 0.220. The topological polar surface area (TPSA) is 52.6 Å². The summed E-state index contributed by atoms with van der Waals surface area (Å²) in [5.74, 6) is 1.56. The Labute approximate surface area is 84.1 Å². The lowest BCUT2D eigenvalue weighted by molar-refractivity contribution is 0.164. The van der Waals surface area contributed by atoms with Crippen LogP contribution in [0.1, 0.15) is 6.92 Å². The number of rotatable bonds is 8. The molecule has 0 aromatic carbocycles. The van der Waals surface area contributed by atoms with E-state index in [1.165, 1.54) is 0 Å². The minimum atomic E-state index is -3.27. The van der Waals surface area contributed by atoms with E-state index in [0.717, 1.165) is 18.6 Å². The van der Waals surface area contributed by atoms with E-state index in [2.05, 4.69) is 4.18 Å². The first-order valence-corrected chi connectivity index (χ1v) is 7.03. The maximum Gasteiger partial charge on any atom is 0.264 e. The van der Waals surface area contributed by atoms with Crippen molar-refractivity contribution in [2.24, 2.45) is 0 Å². The first-order valence-electron chi connectivity index (χ1n) is 4.06. The van der Waals surface area contributed by atoms with Crippen LogP contribution in [0, 0.1) is 0 Å². The summed E-state index contributed by atoms with van der Waals surface area (Å²) in [6.07, 6.45) is 1.05. The van der Waals surface area contributed by atoms with E-state index >= 15 is 0 Å². The summed E-state index contributed by atoms with van der Waals surface area (Å²) in [6, 6.07) is 0. The Balaban J connectivity index is 3.09. The van der Waals surface area contributed by atoms with Gasteiger partial charge in [-0.05, 0) is 6.92 Å². The lowest BCUT2D eigenvalue weighted by Gasteiger charge is -2.01. The molecule has 0 N–H and O–H groups in total. The van der Waals surface area contributed by atoms with Crippen LogP contribution in [0.15, 0.2) is 0 Å². The molecule has 0 unspecified atom stereocenters. The molecule has 0 saturated carbocycles. The maximum absolute atomic E-state index is 10.5. The van der Waals surface area contributed by atoms with Crippen molar-refractivity contribution in [3.8, 4) is 0 Å². The first kappa shape index (κ1) is 13.2. The molecule has 4 nitrogen and oxygen atoms in total. The van der Waals surface area contributed by atoms with Gasteiger partial charge in [-0.1, -0.05) is 0 Å². The van der Waals surface area contributed by atoms with Crippen molar-refractivity contribution in [3.05, 3.63) is 0 Å². The summed E-state index contributed by atoms with van der Waals surface area (Å²) in [5, 5.41) is 0. The first-order chi connectivity index (χ1) is 6.06. The van der Waals surface area contributed by atoms with Crippen LogP contribution in [-0.4, -0.2) is 46.0 Å². The van der Waals surface area contributed by atoms with Gasteiger partial charge in [0.15, 0.2) is 0 Å². The van der Waals surface area contributed by atoms with Gasteiger partial charge in [0.1, 0.15) is 0 Å². The monoisotopic (exact) mass is 228 g/mol. The van der Waals surface area contributed by atoms with Crippen LogP contribution in [0.3, 0.4) is 0 Å². The van der Waals surface area contributed by atoms with Crippen molar-refractivity contribution in [1.82, 2.24) is 0 Å². The van der Waals surface area contributed by atoms with Crippen LogP contribution in [-0.2, 0) is 19.0 Å². The lowest BCUT2D eigenvalue weighted by Crippen LogP contribution is -2.06. The Kier molecular flexibility index (Phi) is 7.74. The number of ether oxygens (including phenoxy) is 1. The van der Waals surface area contributed by atoms with Gasteiger partial charge >= 0.3 is 0 Å². The van der Waals surface area contributed by atoms with Gasteiger partial charge in [-0.15, -0.1) is 0 Å². The third-order valence-corrected chi connectivity index (χ3v) is 2.61. The molecule has 0 amide bonds. The van der Waals surface area contributed by atoms with E-state index in [1.807, 2.05) is 6.92 Å². The molecule has 0 rings (SSSR count). The molecule has 0 saturated heterocycles. The van der Waals surface area contributed by atoms with Gasteiger partial charge < -0.3 is 4.74 Å². The van der Waals surface area contributed by atoms with Crippen LogP contribution < -0.4 is 0 Å². The molecule has 0 bridgehead atoms. The molecule has 0 aliphatic rings. The molecular formula is C7H16O4S2. The second-order valence-electron chi connectivity index (χ2n) is 2.34. The Morgan fingerprint density at radius 3 is 2.38 bits per heavy atom. The fourth-order valence-electron chi connectivity index (χ4n) is 0.609. The summed E-state index contributed by atoms with van der Waals surface area (Å²) < 4.78 is 30.7. The average Bonchev–Trinajstić information content (AvgIpc) is 2.01. The number of thioether (sulfide) groups is 1. The Morgan fingerprint density at radius 1 is 1.23 bits per heavy atom. The molecule has 0 radical (unpaired) electrons. The average molecular weight is 228 g/mol. The molecule has 0 aliphatic carbocycles. The van der Waals surface area contributed by atoms with Crippen LogP contribution in [0.25, 0.3) is 0 Å². The zero-order valence-corrected chi connectivity index (χ0v) is 9.62. The van der Waals surface area contributed by atoms with Gasteiger partial charge in [0.2, 0.25) is 0 Å². The van der Waals surface area contributed by atoms with E-state index < -0.39 is 10.1 Å². The quantitative estimate of drug-likeness (QED) is 0.453. The SMILES string of the molecule is CCOCCSCCOS(C)(=O)=O. The van der Waals surface area contributed by atoms with Crippen LogP contribution in [0.2, 0.25) is 0 Å². The number of hydrogen-bond donors (Lipinski definition) is 0. The largest absolute Gasteiger partial charge is 0.381 e. The van der Waals surface area contributed by atoms with Gasteiger partial charge in [-0.2, -0.15) is 20.2 Å². The second kappa shape index (κ2) is 7.61. The third kappa shape index (κ3) is 12.2. The van der Waals surface area contributed by atoms with Gasteiger partial charge in [0, 0.05) is 18.1 Å². The highest BCUT2D eigenvalue weighted by Gasteiger charge is 1.99. The Bertz CT molecular complexity index is 201.